The van der Waals surface area contributed by atoms with E-state index in [9.17, 15) is 4.79 Å². The maximum atomic E-state index is 12.8. The summed E-state index contributed by atoms with van der Waals surface area (Å²) in [5.41, 5.74) is 3.76. The highest BCUT2D eigenvalue weighted by Gasteiger charge is 2.16. The van der Waals surface area contributed by atoms with Gasteiger partial charge in [-0.15, -0.1) is 11.3 Å². The number of carbonyl (C=O) groups is 1. The number of thiazole rings is 1. The highest BCUT2D eigenvalue weighted by molar-refractivity contribution is 7.14. The lowest BCUT2D eigenvalue weighted by atomic mass is 10.1. The number of nitrogens with zero attached hydrogens (tertiary/aromatic N) is 2. The molecular formula is C23H22Cl2N4OS. The number of likely N-dealkylation sites (N-methyl/N-ethyl adjacent to an activating group) is 1. The molecule has 0 atom stereocenters. The molecule has 0 fully saturated rings. The highest BCUT2D eigenvalue weighted by atomic mass is 35.5. The number of hydrogen-bond donors (Lipinski definition) is 2. The molecule has 0 bridgehead atoms. The van der Waals surface area contributed by atoms with Gasteiger partial charge in [-0.1, -0.05) is 66.5 Å². The Labute approximate surface area is 195 Å². The summed E-state index contributed by atoms with van der Waals surface area (Å²) in [5, 5.41) is 10.7. The van der Waals surface area contributed by atoms with Gasteiger partial charge in [0, 0.05) is 22.5 Å². The average Bonchev–Trinajstić information content (AvgIpc) is 3.37. The zero-order chi connectivity index (χ0) is 21.8. The van der Waals surface area contributed by atoms with Gasteiger partial charge in [0.15, 0.2) is 5.13 Å². The van der Waals surface area contributed by atoms with Gasteiger partial charge >= 0.3 is 0 Å². The normalized spacial score (nSPS) is 11.2. The van der Waals surface area contributed by atoms with E-state index in [2.05, 4.69) is 22.5 Å². The van der Waals surface area contributed by atoms with E-state index in [1.54, 1.807) is 6.07 Å². The molecule has 31 heavy (non-hydrogen) atoms. The van der Waals surface area contributed by atoms with Crippen LogP contribution >= 0.6 is 34.5 Å². The largest absolute Gasteiger partial charge is 0.337 e. The Hall–Kier alpha value is -2.38. The number of amides is 1. The first-order chi connectivity index (χ1) is 15.1. The van der Waals surface area contributed by atoms with Gasteiger partial charge in [0.2, 0.25) is 5.91 Å². The quantitative estimate of drug-likeness (QED) is 0.315. The number of fused-ring (bicyclic) bond motifs is 1. The number of nitrogens with one attached hydrogen (secondary N) is 2. The Kier molecular flexibility index (Phi) is 6.92. The van der Waals surface area contributed by atoms with Crippen LogP contribution in [0.25, 0.3) is 22.2 Å². The van der Waals surface area contributed by atoms with E-state index in [4.69, 9.17) is 23.2 Å². The van der Waals surface area contributed by atoms with E-state index in [0.29, 0.717) is 15.2 Å². The summed E-state index contributed by atoms with van der Waals surface area (Å²) in [4.78, 5) is 17.3. The molecule has 0 aliphatic carbocycles. The minimum Gasteiger partial charge on any atom is -0.337 e. The second-order valence-electron chi connectivity index (χ2n) is 7.10. The van der Waals surface area contributed by atoms with Crippen LogP contribution in [0.5, 0.6) is 0 Å². The average molecular weight is 473 g/mol. The highest BCUT2D eigenvalue weighted by Crippen LogP contribution is 2.34. The van der Waals surface area contributed by atoms with Gasteiger partial charge in [-0.25, -0.2) is 4.98 Å². The lowest BCUT2D eigenvalue weighted by molar-refractivity contribution is -0.116. The second kappa shape index (κ2) is 9.83. The molecule has 4 rings (SSSR count). The number of rotatable bonds is 8. The molecule has 0 saturated heterocycles. The van der Waals surface area contributed by atoms with Crippen molar-refractivity contribution in [2.45, 2.75) is 19.9 Å². The van der Waals surface area contributed by atoms with Crippen LogP contribution in [0.2, 0.25) is 10.0 Å². The van der Waals surface area contributed by atoms with E-state index >= 15 is 0 Å². The zero-order valence-electron chi connectivity index (χ0n) is 17.0. The lowest BCUT2D eigenvalue weighted by Crippen LogP contribution is -2.18. The minimum atomic E-state index is -0.167. The number of hydrogen-bond acceptors (Lipinski definition) is 4. The van der Waals surface area contributed by atoms with Gasteiger partial charge in [-0.3, -0.25) is 4.79 Å². The molecule has 5 nitrogen and oxygen atoms in total. The smallest absolute Gasteiger partial charge is 0.246 e. The summed E-state index contributed by atoms with van der Waals surface area (Å²) in [6.45, 7) is 3.96. The third-order valence-electron chi connectivity index (χ3n) is 4.97. The van der Waals surface area contributed by atoms with Crippen molar-refractivity contribution in [2.75, 3.05) is 18.4 Å². The molecular weight excluding hydrogens is 451 g/mol. The Morgan fingerprint density at radius 3 is 2.74 bits per heavy atom. The molecule has 160 valence electrons. The van der Waals surface area contributed by atoms with Crippen LogP contribution in [0.4, 0.5) is 5.13 Å². The van der Waals surface area contributed by atoms with Crippen LogP contribution in [0.15, 0.2) is 54.0 Å². The zero-order valence-corrected chi connectivity index (χ0v) is 19.3. The van der Waals surface area contributed by atoms with Crippen LogP contribution in [0, 0.1) is 0 Å². The Morgan fingerprint density at radius 2 is 1.97 bits per heavy atom. The van der Waals surface area contributed by atoms with E-state index in [1.165, 1.54) is 11.3 Å². The first-order valence-electron chi connectivity index (χ1n) is 10.0. The van der Waals surface area contributed by atoms with E-state index < -0.39 is 0 Å². The van der Waals surface area contributed by atoms with E-state index in [-0.39, 0.29) is 12.5 Å². The predicted molar refractivity (Wildman–Crippen MR) is 130 cm³/mol. The Bertz CT molecular complexity index is 1200. The van der Waals surface area contributed by atoms with Crippen LogP contribution < -0.4 is 10.6 Å². The third-order valence-corrected chi connectivity index (χ3v) is 6.52. The predicted octanol–water partition coefficient (Wildman–Crippen LogP) is 5.86. The molecule has 0 aliphatic heterocycles. The van der Waals surface area contributed by atoms with Crippen LogP contribution in [-0.4, -0.2) is 28.5 Å². The van der Waals surface area contributed by atoms with Crippen molar-refractivity contribution in [1.29, 1.82) is 0 Å². The maximum absolute atomic E-state index is 12.8. The number of aromatic nitrogens is 2. The van der Waals surface area contributed by atoms with Crippen molar-refractivity contribution >= 4 is 56.5 Å². The molecule has 0 saturated carbocycles. The first-order valence-corrected chi connectivity index (χ1v) is 11.7. The summed E-state index contributed by atoms with van der Waals surface area (Å²) >= 11 is 14.2. The molecule has 0 unspecified atom stereocenters. The molecule has 8 heteroatoms. The summed E-state index contributed by atoms with van der Waals surface area (Å²) in [6, 6.07) is 13.6. The minimum absolute atomic E-state index is 0.123. The van der Waals surface area contributed by atoms with Gasteiger partial charge in [-0.05, 0) is 31.1 Å². The van der Waals surface area contributed by atoms with E-state index in [1.807, 2.05) is 52.5 Å². The fraction of sp³-hybridized carbons (Fsp3) is 0.217. The molecule has 2 N–H and O–H groups in total. The van der Waals surface area contributed by atoms with Crippen LogP contribution in [0.1, 0.15) is 12.5 Å². The van der Waals surface area contributed by atoms with Gasteiger partial charge < -0.3 is 15.2 Å². The lowest BCUT2D eigenvalue weighted by Gasteiger charge is -2.07. The maximum Gasteiger partial charge on any atom is 0.246 e. The van der Waals surface area contributed by atoms with E-state index in [0.717, 1.165) is 47.2 Å². The Morgan fingerprint density at radius 1 is 1.16 bits per heavy atom. The fourth-order valence-electron chi connectivity index (χ4n) is 3.51. The number of anilines is 1. The third kappa shape index (κ3) is 4.93. The first kappa shape index (κ1) is 21.8. The molecule has 2 aromatic carbocycles. The molecule has 1 amide bonds. The summed E-state index contributed by atoms with van der Waals surface area (Å²) in [5.74, 6) is -0.167. The molecule has 0 aliphatic rings. The van der Waals surface area contributed by atoms with Gasteiger partial charge in [0.25, 0.3) is 0 Å². The SMILES string of the molecule is CCNCCc1cn(CC(=O)Nc2nc(-c3ccccc3)cs2)c2c(Cl)c(Cl)ccc12. The monoisotopic (exact) mass is 472 g/mol. The van der Waals surface area contributed by atoms with Crippen molar-refractivity contribution in [1.82, 2.24) is 14.9 Å². The number of benzene rings is 2. The van der Waals surface area contributed by atoms with Crippen molar-refractivity contribution in [3.8, 4) is 11.3 Å². The standard InChI is InChI=1S/C23H22Cl2N4OS/c1-2-26-11-10-16-12-29(22-17(16)8-9-18(24)21(22)25)13-20(30)28-23-27-19(14-31-23)15-6-4-3-5-7-15/h3-9,12,14,26H,2,10-11,13H2,1H3,(H,27,28,30). The molecule has 4 aromatic rings. The van der Waals surface area contributed by atoms with Gasteiger partial charge in [0.05, 0.1) is 21.3 Å². The summed E-state index contributed by atoms with van der Waals surface area (Å²) in [7, 11) is 0. The molecule has 2 aromatic heterocycles. The molecule has 0 radical (unpaired) electrons. The number of halogens is 2. The van der Waals surface area contributed by atoms with Crippen LogP contribution in [-0.2, 0) is 17.8 Å². The topological polar surface area (TPSA) is 59.0 Å². The van der Waals surface area contributed by atoms with Crippen molar-refractivity contribution < 1.29 is 4.79 Å². The molecule has 0 spiro atoms. The van der Waals surface area contributed by atoms with Crippen molar-refractivity contribution in [2.24, 2.45) is 0 Å². The molecule has 2 heterocycles. The number of carbonyl (C=O) groups excluding carboxylic acids is 1. The summed E-state index contributed by atoms with van der Waals surface area (Å²) in [6.07, 6.45) is 2.82. The van der Waals surface area contributed by atoms with Crippen molar-refractivity contribution in [3.63, 3.8) is 0 Å². The van der Waals surface area contributed by atoms with Gasteiger partial charge in [0.1, 0.15) is 6.54 Å². The second-order valence-corrected chi connectivity index (χ2v) is 8.74. The van der Waals surface area contributed by atoms with Gasteiger partial charge in [-0.2, -0.15) is 0 Å². The Balaban J connectivity index is 1.54. The van der Waals surface area contributed by atoms with Crippen molar-refractivity contribution in [3.05, 3.63) is 69.7 Å². The summed E-state index contributed by atoms with van der Waals surface area (Å²) < 4.78 is 1.87. The fourth-order valence-corrected chi connectivity index (χ4v) is 4.67. The van der Waals surface area contributed by atoms with Crippen LogP contribution in [0.3, 0.4) is 0 Å².